The number of fused-ring (bicyclic) bond motifs is 1. The van der Waals surface area contributed by atoms with E-state index in [2.05, 4.69) is 25.0 Å². The average molecular weight is 421 g/mol. The van der Waals surface area contributed by atoms with Gasteiger partial charge in [0, 0.05) is 25.1 Å². The molecule has 0 amide bonds. The maximum atomic E-state index is 13.3. The number of benzene rings is 2. The molecule has 9 nitrogen and oxygen atoms in total. The van der Waals surface area contributed by atoms with Crippen molar-refractivity contribution in [3.63, 3.8) is 0 Å². The Morgan fingerprint density at radius 3 is 2.90 bits per heavy atom. The summed E-state index contributed by atoms with van der Waals surface area (Å²) in [6.45, 7) is 1.16. The summed E-state index contributed by atoms with van der Waals surface area (Å²) in [4.78, 5) is 14.3. The molecule has 0 bridgehead atoms. The zero-order valence-corrected chi connectivity index (χ0v) is 16.3. The highest BCUT2D eigenvalue weighted by Gasteiger charge is 2.33. The molecule has 158 valence electrons. The van der Waals surface area contributed by atoms with Crippen LogP contribution in [-0.2, 0) is 19.5 Å². The van der Waals surface area contributed by atoms with Gasteiger partial charge in [0.05, 0.1) is 29.4 Å². The molecule has 4 aromatic rings. The lowest BCUT2D eigenvalue weighted by atomic mass is 10.0. The number of halogens is 1. The molecular weight excluding hydrogens is 403 g/mol. The minimum Gasteiger partial charge on any atom is -0.733 e. The minimum atomic E-state index is -0.280. The molecule has 0 spiro atoms. The first-order valence-electron chi connectivity index (χ1n) is 9.66. The van der Waals surface area contributed by atoms with Crippen molar-refractivity contribution in [3.8, 4) is 11.4 Å². The van der Waals surface area contributed by atoms with Crippen LogP contribution in [0.2, 0.25) is 0 Å². The number of aromatic amines is 1. The summed E-state index contributed by atoms with van der Waals surface area (Å²) in [6, 6.07) is 12.5. The molecule has 0 aliphatic carbocycles. The molecule has 0 saturated heterocycles. The molecule has 0 saturated carbocycles. The van der Waals surface area contributed by atoms with Crippen molar-refractivity contribution in [2.24, 2.45) is 0 Å². The number of anilines is 1. The second-order valence-electron chi connectivity index (χ2n) is 7.36. The smallest absolute Gasteiger partial charge is 0.244 e. The van der Waals surface area contributed by atoms with Gasteiger partial charge < -0.3 is 19.9 Å². The molecule has 1 aliphatic rings. The van der Waals surface area contributed by atoms with Crippen LogP contribution in [0.1, 0.15) is 28.9 Å². The highest BCUT2D eigenvalue weighted by atomic mass is 19.1. The Labute approximate surface area is 176 Å². The predicted octanol–water partition coefficient (Wildman–Crippen LogP) is 3.59. The number of nitrogens with one attached hydrogen (secondary N) is 1. The van der Waals surface area contributed by atoms with Gasteiger partial charge in [0.2, 0.25) is 11.7 Å². The second-order valence-corrected chi connectivity index (χ2v) is 7.36. The quantitative estimate of drug-likeness (QED) is 0.470. The van der Waals surface area contributed by atoms with Gasteiger partial charge in [0.1, 0.15) is 5.82 Å². The van der Waals surface area contributed by atoms with Gasteiger partial charge in [-0.3, -0.25) is 10.1 Å². The zero-order chi connectivity index (χ0) is 21.4. The normalized spacial score (nSPS) is 16.3. The van der Waals surface area contributed by atoms with E-state index in [1.54, 1.807) is 30.6 Å². The first kappa shape index (κ1) is 19.4. The van der Waals surface area contributed by atoms with Crippen molar-refractivity contribution in [1.82, 2.24) is 25.0 Å². The molecule has 31 heavy (non-hydrogen) atoms. The summed E-state index contributed by atoms with van der Waals surface area (Å²) in [6.07, 6.45) is 2.24. The summed E-state index contributed by atoms with van der Waals surface area (Å²) >= 11 is 0. The molecule has 0 radical (unpaired) electrons. The van der Waals surface area contributed by atoms with E-state index in [1.807, 2.05) is 0 Å². The van der Waals surface area contributed by atoms with Crippen LogP contribution in [-0.4, -0.2) is 30.2 Å². The molecule has 10 heteroatoms. The van der Waals surface area contributed by atoms with Crippen LogP contribution in [0.5, 0.6) is 0 Å². The fourth-order valence-corrected chi connectivity index (χ4v) is 3.77. The second kappa shape index (κ2) is 7.91. The third kappa shape index (κ3) is 3.91. The topological polar surface area (TPSA) is 117 Å². The van der Waals surface area contributed by atoms with Crippen LogP contribution in [0.3, 0.4) is 0 Å². The lowest BCUT2D eigenvalue weighted by Gasteiger charge is -2.32. The maximum Gasteiger partial charge on any atom is 0.244 e. The number of aromatic nitrogens is 4. The number of nitrogens with zero attached hydrogens (tertiary/aromatic N) is 5. The van der Waals surface area contributed by atoms with Gasteiger partial charge in [-0.05, 0) is 29.8 Å². The van der Waals surface area contributed by atoms with Crippen LogP contribution in [0.4, 0.5) is 10.1 Å². The summed E-state index contributed by atoms with van der Waals surface area (Å²) in [5.41, 5.74) is 3.53. The maximum absolute atomic E-state index is 13.3. The number of hydrogen-bond donors (Lipinski definition) is 2. The predicted molar refractivity (Wildman–Crippen MR) is 108 cm³/mol. The summed E-state index contributed by atoms with van der Waals surface area (Å²) in [5.74, 6) is 0.450. The largest absolute Gasteiger partial charge is 0.733 e. The van der Waals surface area contributed by atoms with Crippen LogP contribution < -0.4 is 5.23 Å². The standard InChI is InChI=1S/C21H18FN6O3/c22-15-6-4-13(5-7-15)10-27-11-18-17(23-12-24-18)9-19(27)21-25-20(26-31-21)14-2-1-3-16(8-14)28(29)30/h1-8,12,19,29H,9-11H2,(H,23,24)/q-1/t19-/m0/s1. The lowest BCUT2D eigenvalue weighted by molar-refractivity contribution is 0.128. The van der Waals surface area contributed by atoms with Crippen molar-refractivity contribution < 1.29 is 14.1 Å². The Hall–Kier alpha value is -3.60. The van der Waals surface area contributed by atoms with Crippen LogP contribution in [0, 0.1) is 11.0 Å². The van der Waals surface area contributed by atoms with Crippen LogP contribution >= 0.6 is 0 Å². The fourth-order valence-electron chi connectivity index (χ4n) is 3.77. The molecule has 5 rings (SSSR count). The first-order valence-corrected chi connectivity index (χ1v) is 9.66. The van der Waals surface area contributed by atoms with Crippen molar-refractivity contribution in [3.05, 3.63) is 88.7 Å². The van der Waals surface area contributed by atoms with Crippen molar-refractivity contribution in [2.75, 3.05) is 5.23 Å². The zero-order valence-electron chi connectivity index (χ0n) is 16.3. The number of hydrogen-bond acceptors (Lipinski definition) is 8. The van der Waals surface area contributed by atoms with E-state index in [1.165, 1.54) is 24.3 Å². The Bertz CT molecular complexity index is 1190. The molecule has 1 atom stereocenters. The molecule has 0 fully saturated rings. The third-order valence-electron chi connectivity index (χ3n) is 5.35. The molecule has 2 N–H and O–H groups in total. The van der Waals surface area contributed by atoms with E-state index in [0.717, 1.165) is 17.0 Å². The van der Waals surface area contributed by atoms with Crippen molar-refractivity contribution in [1.29, 1.82) is 0 Å². The van der Waals surface area contributed by atoms with Gasteiger partial charge in [0.25, 0.3) is 0 Å². The van der Waals surface area contributed by atoms with E-state index >= 15 is 0 Å². The SMILES string of the molecule is [O-]N(O)c1cccc(-c2noc([C@@H]3Cc4nc[nH]c4CN3Cc3ccc(F)cc3)n2)c1. The Morgan fingerprint density at radius 2 is 2.10 bits per heavy atom. The monoisotopic (exact) mass is 421 g/mol. The Morgan fingerprint density at radius 1 is 1.26 bits per heavy atom. The van der Waals surface area contributed by atoms with Crippen molar-refractivity contribution in [2.45, 2.75) is 25.6 Å². The third-order valence-corrected chi connectivity index (χ3v) is 5.35. The van der Waals surface area contributed by atoms with Gasteiger partial charge in [-0.15, -0.1) is 0 Å². The van der Waals surface area contributed by atoms with E-state index < -0.39 is 0 Å². The van der Waals surface area contributed by atoms with Crippen LogP contribution in [0.25, 0.3) is 11.4 Å². The fraction of sp³-hybridized carbons (Fsp3) is 0.190. The molecule has 1 aliphatic heterocycles. The minimum absolute atomic E-state index is 0.0700. The summed E-state index contributed by atoms with van der Waals surface area (Å²) in [7, 11) is 0. The van der Waals surface area contributed by atoms with Gasteiger partial charge in [-0.25, -0.2) is 9.37 Å². The molecule has 3 heterocycles. The van der Waals surface area contributed by atoms with Gasteiger partial charge in [0.15, 0.2) is 0 Å². The van der Waals surface area contributed by atoms with Crippen molar-refractivity contribution >= 4 is 5.69 Å². The number of H-pyrrole nitrogens is 1. The molecule has 0 unspecified atom stereocenters. The van der Waals surface area contributed by atoms with E-state index in [9.17, 15) is 9.60 Å². The highest BCUT2D eigenvalue weighted by Crippen LogP contribution is 2.33. The van der Waals surface area contributed by atoms with E-state index in [-0.39, 0.29) is 22.8 Å². The Kier molecular flexibility index (Phi) is 4.94. The molecular formula is C21H18FN6O3-. The highest BCUT2D eigenvalue weighted by molar-refractivity contribution is 5.62. The average Bonchev–Trinajstić information content (AvgIpc) is 3.44. The number of imidazole rings is 1. The Balaban J connectivity index is 1.45. The van der Waals surface area contributed by atoms with Crippen LogP contribution in [0.15, 0.2) is 59.4 Å². The molecule has 2 aromatic carbocycles. The van der Waals surface area contributed by atoms with Gasteiger partial charge in [-0.1, -0.05) is 29.4 Å². The van der Waals surface area contributed by atoms with Gasteiger partial charge in [-0.2, -0.15) is 4.98 Å². The first-order chi connectivity index (χ1) is 15.1. The lowest BCUT2D eigenvalue weighted by Crippen LogP contribution is -2.34. The van der Waals surface area contributed by atoms with E-state index in [4.69, 9.17) is 9.73 Å². The van der Waals surface area contributed by atoms with Gasteiger partial charge >= 0.3 is 0 Å². The van der Waals surface area contributed by atoms with E-state index in [0.29, 0.717) is 36.8 Å². The number of rotatable bonds is 5. The summed E-state index contributed by atoms with van der Waals surface area (Å²) < 4.78 is 18.9. The molecule has 2 aromatic heterocycles. The summed E-state index contributed by atoms with van der Waals surface area (Å²) in [5, 5.41) is 24.2.